The van der Waals surface area contributed by atoms with Gasteiger partial charge in [-0.25, -0.2) is 8.78 Å². The van der Waals surface area contributed by atoms with E-state index in [1.165, 1.54) is 12.1 Å². The molecule has 2 N–H and O–H groups in total. The first kappa shape index (κ1) is 16.4. The fourth-order valence-corrected chi connectivity index (χ4v) is 2.93. The Balaban J connectivity index is 2.34. The van der Waals surface area contributed by atoms with E-state index >= 15 is 0 Å². The Bertz CT molecular complexity index is 664. The normalized spacial score (nSPS) is 12.3. The van der Waals surface area contributed by atoms with Crippen LogP contribution in [0, 0.1) is 11.6 Å². The van der Waals surface area contributed by atoms with Crippen LogP contribution in [0.25, 0.3) is 0 Å². The molecule has 1 atom stereocenters. The van der Waals surface area contributed by atoms with Crippen molar-refractivity contribution in [3.63, 3.8) is 0 Å². The zero-order chi connectivity index (χ0) is 15.6. The van der Waals surface area contributed by atoms with Crippen LogP contribution in [0.3, 0.4) is 0 Å². The second-order valence-electron chi connectivity index (χ2n) is 4.52. The highest BCUT2D eigenvalue weighted by Gasteiger charge is 2.18. The molecule has 0 bridgehead atoms. The molecule has 0 amide bonds. The van der Waals surface area contributed by atoms with Crippen LogP contribution in [0.5, 0.6) is 5.75 Å². The molecule has 2 nitrogen and oxygen atoms in total. The van der Waals surface area contributed by atoms with Crippen LogP contribution in [0.15, 0.2) is 39.3 Å². The number of methoxy groups -OCH3 is 1. The predicted octanol–water partition coefficient (Wildman–Crippen LogP) is 4.74. The van der Waals surface area contributed by atoms with Gasteiger partial charge in [-0.1, -0.05) is 15.9 Å². The highest BCUT2D eigenvalue weighted by atomic mass is 79.9. The maximum atomic E-state index is 14.0. The minimum atomic E-state index is -0.621. The van der Waals surface area contributed by atoms with Gasteiger partial charge in [-0.05, 0) is 58.2 Å². The quantitative estimate of drug-likeness (QED) is 0.725. The van der Waals surface area contributed by atoms with Crippen LogP contribution in [-0.2, 0) is 6.42 Å². The van der Waals surface area contributed by atoms with Crippen LogP contribution in [-0.4, -0.2) is 7.11 Å². The predicted molar refractivity (Wildman–Crippen MR) is 85.4 cm³/mol. The van der Waals surface area contributed by atoms with Crippen molar-refractivity contribution in [2.45, 2.75) is 12.5 Å². The van der Waals surface area contributed by atoms with E-state index in [1.54, 1.807) is 25.3 Å². The van der Waals surface area contributed by atoms with Gasteiger partial charge in [0.15, 0.2) is 0 Å². The summed E-state index contributed by atoms with van der Waals surface area (Å²) in [6.45, 7) is 0. The number of ether oxygens (including phenoxy) is 1. The molecule has 0 fully saturated rings. The molecular formula is C15H13Br2F2NO. The molecule has 2 rings (SSSR count). The van der Waals surface area contributed by atoms with E-state index in [-0.39, 0.29) is 16.5 Å². The average molecular weight is 421 g/mol. The molecule has 0 saturated heterocycles. The molecule has 0 heterocycles. The summed E-state index contributed by atoms with van der Waals surface area (Å²) < 4.78 is 33.9. The molecule has 6 heteroatoms. The Hall–Kier alpha value is -0.980. The maximum absolute atomic E-state index is 14.0. The topological polar surface area (TPSA) is 35.2 Å². The molecular weight excluding hydrogens is 408 g/mol. The second kappa shape index (κ2) is 6.85. The van der Waals surface area contributed by atoms with Gasteiger partial charge in [-0.15, -0.1) is 0 Å². The fraction of sp³-hybridized carbons (Fsp3) is 0.200. The summed E-state index contributed by atoms with van der Waals surface area (Å²) in [4.78, 5) is 0. The molecule has 0 aliphatic heterocycles. The molecule has 0 radical (unpaired) electrons. The molecule has 1 unspecified atom stereocenters. The summed E-state index contributed by atoms with van der Waals surface area (Å²) in [7, 11) is 1.55. The summed E-state index contributed by atoms with van der Waals surface area (Å²) in [5.74, 6) is -0.589. The third-order valence-corrected chi connectivity index (χ3v) is 4.50. The molecule has 112 valence electrons. The number of halogens is 4. The summed E-state index contributed by atoms with van der Waals surface area (Å²) in [6, 6.07) is 7.31. The Morgan fingerprint density at radius 1 is 1.14 bits per heavy atom. The van der Waals surface area contributed by atoms with Crippen molar-refractivity contribution in [2.24, 2.45) is 5.73 Å². The van der Waals surface area contributed by atoms with Gasteiger partial charge < -0.3 is 10.5 Å². The van der Waals surface area contributed by atoms with Crippen molar-refractivity contribution < 1.29 is 13.5 Å². The number of benzene rings is 2. The molecule has 0 aromatic heterocycles. The van der Waals surface area contributed by atoms with E-state index < -0.39 is 17.7 Å². The Morgan fingerprint density at radius 3 is 2.48 bits per heavy atom. The monoisotopic (exact) mass is 419 g/mol. The number of rotatable bonds is 4. The van der Waals surface area contributed by atoms with Crippen molar-refractivity contribution in [3.05, 3.63) is 62.0 Å². The minimum Gasteiger partial charge on any atom is -0.497 e. The standard InChI is InChI=1S/C15H13Br2F2NO/c1-21-8-2-3-11(16)9(6-8)14(20)7-10-13(18)5-4-12(17)15(10)19/h2-6,14H,7,20H2,1H3. The minimum absolute atomic E-state index is 0.0356. The number of hydrogen-bond acceptors (Lipinski definition) is 2. The summed E-state index contributed by atoms with van der Waals surface area (Å²) in [5, 5.41) is 0. The molecule has 2 aromatic carbocycles. The molecule has 2 aromatic rings. The van der Waals surface area contributed by atoms with E-state index in [1.807, 2.05) is 0 Å². The maximum Gasteiger partial charge on any atom is 0.143 e. The largest absolute Gasteiger partial charge is 0.497 e. The van der Waals surface area contributed by atoms with Crippen molar-refractivity contribution >= 4 is 31.9 Å². The summed E-state index contributed by atoms with van der Waals surface area (Å²) in [5.41, 5.74) is 6.80. The van der Waals surface area contributed by atoms with Crippen LogP contribution < -0.4 is 10.5 Å². The molecule has 0 spiro atoms. The first-order valence-corrected chi connectivity index (χ1v) is 7.74. The van der Waals surface area contributed by atoms with Gasteiger partial charge in [0.1, 0.15) is 17.4 Å². The fourth-order valence-electron chi connectivity index (χ4n) is 2.02. The van der Waals surface area contributed by atoms with E-state index in [4.69, 9.17) is 10.5 Å². The zero-order valence-corrected chi connectivity index (χ0v) is 14.3. The van der Waals surface area contributed by atoms with Crippen LogP contribution in [0.4, 0.5) is 8.78 Å². The third-order valence-electron chi connectivity index (χ3n) is 3.17. The van der Waals surface area contributed by atoms with E-state index in [0.29, 0.717) is 5.75 Å². The Labute approximate surface area is 138 Å². The van der Waals surface area contributed by atoms with Gasteiger partial charge in [0.25, 0.3) is 0 Å². The van der Waals surface area contributed by atoms with Crippen LogP contribution in [0.1, 0.15) is 17.2 Å². The number of hydrogen-bond donors (Lipinski definition) is 1. The van der Waals surface area contributed by atoms with Gasteiger partial charge in [0, 0.05) is 16.1 Å². The average Bonchev–Trinajstić information content (AvgIpc) is 2.48. The molecule has 21 heavy (non-hydrogen) atoms. The van der Waals surface area contributed by atoms with Gasteiger partial charge in [-0.3, -0.25) is 0 Å². The lowest BCUT2D eigenvalue weighted by Crippen LogP contribution is -2.16. The lowest BCUT2D eigenvalue weighted by molar-refractivity contribution is 0.413. The van der Waals surface area contributed by atoms with E-state index in [2.05, 4.69) is 31.9 Å². The SMILES string of the molecule is COc1ccc(Br)c(C(N)Cc2c(F)ccc(Br)c2F)c1. The van der Waals surface area contributed by atoms with Crippen molar-refractivity contribution in [1.82, 2.24) is 0 Å². The van der Waals surface area contributed by atoms with Gasteiger partial charge in [0.05, 0.1) is 11.6 Å². The lowest BCUT2D eigenvalue weighted by atomic mass is 9.98. The Kier molecular flexibility index (Phi) is 5.35. The lowest BCUT2D eigenvalue weighted by Gasteiger charge is -2.16. The van der Waals surface area contributed by atoms with E-state index in [0.717, 1.165) is 10.0 Å². The molecule has 0 aliphatic rings. The van der Waals surface area contributed by atoms with Gasteiger partial charge in [0.2, 0.25) is 0 Å². The first-order valence-electron chi connectivity index (χ1n) is 6.15. The highest BCUT2D eigenvalue weighted by Crippen LogP contribution is 2.31. The molecule has 0 saturated carbocycles. The Morgan fingerprint density at radius 2 is 1.81 bits per heavy atom. The smallest absolute Gasteiger partial charge is 0.143 e. The van der Waals surface area contributed by atoms with E-state index in [9.17, 15) is 8.78 Å². The first-order chi connectivity index (χ1) is 9.93. The van der Waals surface area contributed by atoms with Crippen molar-refractivity contribution in [3.8, 4) is 5.75 Å². The third kappa shape index (κ3) is 3.62. The zero-order valence-electron chi connectivity index (χ0n) is 11.2. The number of nitrogens with two attached hydrogens (primary N) is 1. The second-order valence-corrected chi connectivity index (χ2v) is 6.23. The summed E-state index contributed by atoms with van der Waals surface area (Å²) >= 11 is 6.44. The molecule has 0 aliphatic carbocycles. The van der Waals surface area contributed by atoms with Crippen molar-refractivity contribution in [2.75, 3.05) is 7.11 Å². The van der Waals surface area contributed by atoms with Gasteiger partial charge in [-0.2, -0.15) is 0 Å². The van der Waals surface area contributed by atoms with Gasteiger partial charge >= 0.3 is 0 Å². The highest BCUT2D eigenvalue weighted by molar-refractivity contribution is 9.10. The van der Waals surface area contributed by atoms with Crippen molar-refractivity contribution in [1.29, 1.82) is 0 Å². The van der Waals surface area contributed by atoms with Crippen LogP contribution >= 0.6 is 31.9 Å². The summed E-state index contributed by atoms with van der Waals surface area (Å²) in [6.07, 6.45) is 0.0445. The van der Waals surface area contributed by atoms with Crippen LogP contribution in [0.2, 0.25) is 0 Å².